The first-order valence-corrected chi connectivity index (χ1v) is 8.71. The van der Waals surface area contributed by atoms with E-state index >= 15 is 0 Å². The fourth-order valence-corrected chi connectivity index (χ4v) is 3.33. The third kappa shape index (κ3) is 3.18. The van der Waals surface area contributed by atoms with Gasteiger partial charge in [-0.05, 0) is 41.8 Å². The minimum absolute atomic E-state index is 0.0317. The van der Waals surface area contributed by atoms with Crippen LogP contribution in [0.2, 0.25) is 0 Å². The molecule has 26 heavy (non-hydrogen) atoms. The molecule has 1 aliphatic heterocycles. The number of nitrogens with zero attached hydrogens (tertiary/aromatic N) is 2. The van der Waals surface area contributed by atoms with Gasteiger partial charge in [0.1, 0.15) is 5.75 Å². The van der Waals surface area contributed by atoms with Gasteiger partial charge in [0.05, 0.1) is 18.4 Å². The normalized spacial score (nSPS) is 13.2. The smallest absolute Gasteiger partial charge is 0.255 e. The third-order valence-corrected chi connectivity index (χ3v) is 4.79. The monoisotopic (exact) mass is 344 g/mol. The zero-order valence-corrected chi connectivity index (χ0v) is 14.7. The summed E-state index contributed by atoms with van der Waals surface area (Å²) in [5.41, 5.74) is 4.98. The number of benzene rings is 2. The van der Waals surface area contributed by atoms with Crippen LogP contribution in [0.3, 0.4) is 0 Å². The van der Waals surface area contributed by atoms with E-state index in [1.807, 2.05) is 47.4 Å². The number of carbonyl (C=O) groups is 1. The average molecular weight is 344 g/mol. The molecule has 2 aromatic carbocycles. The molecule has 0 unspecified atom stereocenters. The lowest BCUT2D eigenvalue weighted by molar-refractivity contribution is 0.0734. The molecule has 2 heterocycles. The van der Waals surface area contributed by atoms with Crippen molar-refractivity contribution in [1.29, 1.82) is 0 Å². The third-order valence-electron chi connectivity index (χ3n) is 4.79. The van der Waals surface area contributed by atoms with Crippen molar-refractivity contribution in [3.8, 4) is 17.0 Å². The van der Waals surface area contributed by atoms with Crippen LogP contribution in [0.4, 0.5) is 0 Å². The molecule has 0 N–H and O–H groups in total. The van der Waals surface area contributed by atoms with Gasteiger partial charge in [-0.15, -0.1) is 0 Å². The molecular formula is C22H20N2O2. The number of amides is 1. The lowest BCUT2D eigenvalue weighted by Gasteiger charge is -2.28. The molecule has 0 saturated carbocycles. The Balaban J connectivity index is 1.53. The number of aromatic nitrogens is 1. The molecule has 1 aliphatic rings. The number of rotatable bonds is 3. The summed E-state index contributed by atoms with van der Waals surface area (Å²) in [7, 11) is 1.64. The lowest BCUT2D eigenvalue weighted by Crippen LogP contribution is -2.35. The van der Waals surface area contributed by atoms with Gasteiger partial charge >= 0.3 is 0 Å². The number of pyridine rings is 1. The molecule has 0 bridgehead atoms. The summed E-state index contributed by atoms with van der Waals surface area (Å²) in [6, 6.07) is 19.8. The number of carbonyl (C=O) groups excluding carboxylic acids is 1. The van der Waals surface area contributed by atoms with Crippen molar-refractivity contribution in [3.63, 3.8) is 0 Å². The molecular weight excluding hydrogens is 324 g/mol. The van der Waals surface area contributed by atoms with Crippen LogP contribution in [0.5, 0.6) is 5.75 Å². The van der Waals surface area contributed by atoms with Crippen LogP contribution < -0.4 is 4.74 Å². The van der Waals surface area contributed by atoms with E-state index in [0.717, 1.165) is 30.0 Å². The van der Waals surface area contributed by atoms with Crippen molar-refractivity contribution in [2.24, 2.45) is 0 Å². The van der Waals surface area contributed by atoms with Crippen LogP contribution in [0.25, 0.3) is 11.3 Å². The lowest BCUT2D eigenvalue weighted by atomic mass is 9.99. The van der Waals surface area contributed by atoms with E-state index in [4.69, 9.17) is 4.74 Å². The molecule has 4 heteroatoms. The standard InChI is InChI=1S/C22H20N2O2/c1-26-20-8-4-7-17(13-20)21-10-9-18(14-23-21)22(25)24-12-11-16-5-2-3-6-19(16)15-24/h2-10,13-14H,11-12,15H2,1H3. The van der Waals surface area contributed by atoms with Crippen molar-refractivity contribution in [3.05, 3.63) is 83.6 Å². The molecule has 1 aromatic heterocycles. The Bertz CT molecular complexity index is 935. The summed E-state index contributed by atoms with van der Waals surface area (Å²) in [6.07, 6.45) is 2.56. The molecule has 4 rings (SSSR count). The second-order valence-electron chi connectivity index (χ2n) is 6.41. The summed E-state index contributed by atoms with van der Waals surface area (Å²) in [5, 5.41) is 0. The molecule has 0 radical (unpaired) electrons. The van der Waals surface area contributed by atoms with Crippen molar-refractivity contribution in [2.45, 2.75) is 13.0 Å². The summed E-state index contributed by atoms with van der Waals surface area (Å²) >= 11 is 0. The summed E-state index contributed by atoms with van der Waals surface area (Å²) in [6.45, 7) is 1.40. The van der Waals surface area contributed by atoms with E-state index < -0.39 is 0 Å². The Morgan fingerprint density at radius 3 is 2.65 bits per heavy atom. The fourth-order valence-electron chi connectivity index (χ4n) is 3.33. The molecule has 4 nitrogen and oxygen atoms in total. The SMILES string of the molecule is COc1cccc(-c2ccc(C(=O)N3CCc4ccccc4C3)cn2)c1. The highest BCUT2D eigenvalue weighted by atomic mass is 16.5. The maximum atomic E-state index is 12.8. The van der Waals surface area contributed by atoms with Crippen LogP contribution in [0, 0.1) is 0 Å². The van der Waals surface area contributed by atoms with Crippen molar-refractivity contribution in [1.82, 2.24) is 9.88 Å². The van der Waals surface area contributed by atoms with Crippen molar-refractivity contribution < 1.29 is 9.53 Å². The van der Waals surface area contributed by atoms with Gasteiger partial charge in [0, 0.05) is 24.8 Å². The van der Waals surface area contributed by atoms with Crippen LogP contribution in [-0.4, -0.2) is 29.4 Å². The Hall–Kier alpha value is -3.14. The summed E-state index contributed by atoms with van der Waals surface area (Å²) in [5.74, 6) is 0.820. The molecule has 130 valence electrons. The van der Waals surface area contributed by atoms with Gasteiger partial charge < -0.3 is 9.64 Å². The first-order valence-electron chi connectivity index (χ1n) is 8.71. The molecule has 0 aliphatic carbocycles. The van der Waals surface area contributed by atoms with Crippen molar-refractivity contribution >= 4 is 5.91 Å². The Morgan fingerprint density at radius 1 is 1.04 bits per heavy atom. The number of hydrogen-bond acceptors (Lipinski definition) is 3. The maximum absolute atomic E-state index is 12.8. The predicted molar refractivity (Wildman–Crippen MR) is 101 cm³/mol. The van der Waals surface area contributed by atoms with Gasteiger partial charge in [-0.2, -0.15) is 0 Å². The van der Waals surface area contributed by atoms with E-state index in [1.54, 1.807) is 13.3 Å². The molecule has 0 spiro atoms. The fraction of sp³-hybridized carbons (Fsp3) is 0.182. The van der Waals surface area contributed by atoms with Gasteiger partial charge in [-0.1, -0.05) is 36.4 Å². The zero-order valence-electron chi connectivity index (χ0n) is 14.7. The Kier molecular flexibility index (Phi) is 4.40. The Morgan fingerprint density at radius 2 is 1.88 bits per heavy atom. The van der Waals surface area contributed by atoms with Gasteiger partial charge in [-0.25, -0.2) is 0 Å². The summed E-state index contributed by atoms with van der Waals surface area (Å²) in [4.78, 5) is 19.2. The van der Waals surface area contributed by atoms with Gasteiger partial charge in [0.25, 0.3) is 5.91 Å². The molecule has 0 saturated heterocycles. The van der Waals surface area contributed by atoms with Gasteiger partial charge in [0.2, 0.25) is 0 Å². The van der Waals surface area contributed by atoms with Gasteiger partial charge in [-0.3, -0.25) is 9.78 Å². The highest BCUT2D eigenvalue weighted by Gasteiger charge is 2.21. The van der Waals surface area contributed by atoms with E-state index in [0.29, 0.717) is 12.1 Å². The van der Waals surface area contributed by atoms with Crippen LogP contribution in [0.1, 0.15) is 21.5 Å². The number of methoxy groups -OCH3 is 1. The van der Waals surface area contributed by atoms with Crippen LogP contribution in [-0.2, 0) is 13.0 Å². The summed E-state index contributed by atoms with van der Waals surface area (Å²) < 4.78 is 5.26. The first-order chi connectivity index (χ1) is 12.7. The van der Waals surface area contributed by atoms with Crippen molar-refractivity contribution in [2.75, 3.05) is 13.7 Å². The largest absolute Gasteiger partial charge is 0.497 e. The second-order valence-corrected chi connectivity index (χ2v) is 6.41. The number of ether oxygens (including phenoxy) is 1. The van der Waals surface area contributed by atoms with E-state index in [-0.39, 0.29) is 5.91 Å². The molecule has 3 aromatic rings. The highest BCUT2D eigenvalue weighted by molar-refractivity contribution is 5.94. The van der Waals surface area contributed by atoms with Crippen LogP contribution in [0.15, 0.2) is 66.9 Å². The predicted octanol–water partition coefficient (Wildman–Crippen LogP) is 3.96. The Labute approximate surface area is 153 Å². The minimum Gasteiger partial charge on any atom is -0.497 e. The number of fused-ring (bicyclic) bond motifs is 1. The van der Waals surface area contributed by atoms with E-state index in [2.05, 4.69) is 23.2 Å². The zero-order chi connectivity index (χ0) is 17.9. The molecule has 0 atom stereocenters. The molecule has 1 amide bonds. The van der Waals surface area contributed by atoms with Gasteiger partial charge in [0.15, 0.2) is 0 Å². The molecule has 0 fully saturated rings. The average Bonchev–Trinajstić information content (AvgIpc) is 2.73. The van der Waals surface area contributed by atoms with E-state index in [9.17, 15) is 4.79 Å². The highest BCUT2D eigenvalue weighted by Crippen LogP contribution is 2.23. The quantitative estimate of drug-likeness (QED) is 0.722. The number of hydrogen-bond donors (Lipinski definition) is 0. The minimum atomic E-state index is 0.0317. The maximum Gasteiger partial charge on any atom is 0.255 e. The van der Waals surface area contributed by atoms with Crippen LogP contribution >= 0.6 is 0 Å². The first kappa shape index (κ1) is 16.3. The second kappa shape index (κ2) is 7.00. The topological polar surface area (TPSA) is 42.4 Å². The van der Waals surface area contributed by atoms with E-state index in [1.165, 1.54) is 11.1 Å².